The van der Waals surface area contributed by atoms with Gasteiger partial charge in [-0.2, -0.15) is 0 Å². The lowest BCUT2D eigenvalue weighted by atomic mass is 9.66. The zero-order valence-electron chi connectivity index (χ0n) is 17.3. The second-order valence-electron chi connectivity index (χ2n) is 8.19. The molecule has 150 valence electrons. The minimum absolute atomic E-state index is 0.193. The van der Waals surface area contributed by atoms with Crippen LogP contribution in [0.25, 0.3) is 0 Å². The number of fused-ring (bicyclic) bond motifs is 3. The second-order valence-corrected chi connectivity index (χ2v) is 8.19. The fourth-order valence-electron chi connectivity index (χ4n) is 5.16. The Morgan fingerprint density at radius 3 is 2.50 bits per heavy atom. The fraction of sp³-hybridized carbons (Fsp3) is 0.500. The lowest BCUT2D eigenvalue weighted by molar-refractivity contribution is -0.0349. The van der Waals surface area contributed by atoms with Crippen LogP contribution in [-0.2, 0) is 17.8 Å². The van der Waals surface area contributed by atoms with Crippen molar-refractivity contribution in [2.45, 2.75) is 51.2 Å². The molecule has 0 radical (unpaired) electrons. The maximum absolute atomic E-state index is 6.47. The summed E-state index contributed by atoms with van der Waals surface area (Å²) < 4.78 is 22.6. The predicted octanol–water partition coefficient (Wildman–Crippen LogP) is 5.13. The number of aryl methyl sites for hydroxylation is 1. The van der Waals surface area contributed by atoms with Crippen LogP contribution in [-0.4, -0.2) is 27.4 Å². The van der Waals surface area contributed by atoms with Gasteiger partial charge in [-0.3, -0.25) is 0 Å². The van der Waals surface area contributed by atoms with E-state index in [0.717, 1.165) is 42.1 Å². The van der Waals surface area contributed by atoms with Crippen LogP contribution in [0.1, 0.15) is 48.8 Å². The molecule has 1 saturated carbocycles. The molecule has 4 nitrogen and oxygen atoms in total. The first-order valence-corrected chi connectivity index (χ1v) is 10.1. The summed E-state index contributed by atoms with van der Waals surface area (Å²) in [6.45, 7) is 3.01. The Morgan fingerprint density at radius 2 is 1.75 bits per heavy atom. The van der Waals surface area contributed by atoms with Crippen LogP contribution in [0.15, 0.2) is 36.4 Å². The zero-order chi connectivity index (χ0) is 19.7. The molecule has 4 heteroatoms. The van der Waals surface area contributed by atoms with E-state index < -0.39 is 0 Å². The van der Waals surface area contributed by atoms with E-state index in [1.54, 1.807) is 21.3 Å². The van der Waals surface area contributed by atoms with Gasteiger partial charge in [0.25, 0.3) is 0 Å². The Labute approximate surface area is 167 Å². The van der Waals surface area contributed by atoms with Crippen LogP contribution in [0.3, 0.4) is 0 Å². The van der Waals surface area contributed by atoms with Crippen LogP contribution in [0, 0.1) is 5.41 Å². The highest BCUT2D eigenvalue weighted by atomic mass is 16.5. The van der Waals surface area contributed by atoms with Gasteiger partial charge in [-0.25, -0.2) is 0 Å². The second kappa shape index (κ2) is 7.67. The molecule has 0 saturated heterocycles. The number of rotatable bonds is 6. The van der Waals surface area contributed by atoms with Crippen LogP contribution in [0.2, 0.25) is 0 Å². The molecule has 3 atom stereocenters. The monoisotopic (exact) mass is 382 g/mol. The average molecular weight is 383 g/mol. The molecule has 1 fully saturated rings. The molecule has 0 spiro atoms. The van der Waals surface area contributed by atoms with Gasteiger partial charge < -0.3 is 18.9 Å². The standard InChI is InChI=1S/C24H30O4/c1-24-12-11-17-14-18(25-2)6-7-19(17)20(24)8-10-23(24)28-15-16-5-9-21(26-3)22(13-16)27-4/h5-7,9,13-14,20,23H,8,10-12,15H2,1-4H3/t20-,23-,24-/m0/s1. The van der Waals surface area contributed by atoms with Crippen LogP contribution in [0.5, 0.6) is 17.2 Å². The molecular weight excluding hydrogens is 352 g/mol. The third-order valence-electron chi connectivity index (χ3n) is 6.81. The Hall–Kier alpha value is -2.20. The average Bonchev–Trinajstić information content (AvgIpc) is 3.08. The summed E-state index contributed by atoms with van der Waals surface area (Å²) in [5.41, 5.74) is 4.25. The highest BCUT2D eigenvalue weighted by Crippen LogP contribution is 2.57. The first kappa shape index (κ1) is 19.1. The van der Waals surface area contributed by atoms with E-state index in [0.29, 0.717) is 12.5 Å². The van der Waals surface area contributed by atoms with E-state index in [-0.39, 0.29) is 11.5 Å². The lowest BCUT2D eigenvalue weighted by Crippen LogP contribution is -2.36. The molecule has 2 aromatic carbocycles. The first-order valence-electron chi connectivity index (χ1n) is 10.1. The number of hydrogen-bond donors (Lipinski definition) is 0. The molecule has 2 aliphatic carbocycles. The van der Waals surface area contributed by atoms with Gasteiger partial charge in [0.2, 0.25) is 0 Å². The van der Waals surface area contributed by atoms with E-state index in [9.17, 15) is 0 Å². The minimum atomic E-state index is 0.193. The lowest BCUT2D eigenvalue weighted by Gasteiger charge is -2.41. The molecule has 0 unspecified atom stereocenters. The van der Waals surface area contributed by atoms with Crippen LogP contribution >= 0.6 is 0 Å². The number of ether oxygens (including phenoxy) is 4. The van der Waals surface area contributed by atoms with Gasteiger partial charge in [0.1, 0.15) is 5.75 Å². The molecule has 0 heterocycles. The largest absolute Gasteiger partial charge is 0.497 e. The van der Waals surface area contributed by atoms with Gasteiger partial charge >= 0.3 is 0 Å². The Balaban J connectivity index is 1.49. The number of benzene rings is 2. The van der Waals surface area contributed by atoms with E-state index in [1.807, 2.05) is 12.1 Å². The zero-order valence-corrected chi connectivity index (χ0v) is 17.3. The summed E-state index contributed by atoms with van der Waals surface area (Å²) >= 11 is 0. The smallest absolute Gasteiger partial charge is 0.161 e. The van der Waals surface area contributed by atoms with Crippen molar-refractivity contribution in [1.82, 2.24) is 0 Å². The maximum Gasteiger partial charge on any atom is 0.161 e. The van der Waals surface area contributed by atoms with E-state index >= 15 is 0 Å². The summed E-state index contributed by atoms with van der Waals surface area (Å²) in [6.07, 6.45) is 4.83. The molecule has 0 amide bonds. The molecule has 0 bridgehead atoms. The van der Waals surface area contributed by atoms with Gasteiger partial charge in [-0.15, -0.1) is 0 Å². The van der Waals surface area contributed by atoms with Gasteiger partial charge in [0.15, 0.2) is 11.5 Å². The summed E-state index contributed by atoms with van der Waals surface area (Å²) in [4.78, 5) is 0. The van der Waals surface area contributed by atoms with Gasteiger partial charge in [-0.1, -0.05) is 19.1 Å². The summed E-state index contributed by atoms with van der Waals surface area (Å²) in [6, 6.07) is 12.6. The van der Waals surface area contributed by atoms with E-state index in [2.05, 4.69) is 31.2 Å². The van der Waals surface area contributed by atoms with Crippen LogP contribution < -0.4 is 14.2 Å². The summed E-state index contributed by atoms with van der Waals surface area (Å²) in [5.74, 6) is 3.03. The first-order chi connectivity index (χ1) is 13.6. The third-order valence-corrected chi connectivity index (χ3v) is 6.81. The van der Waals surface area contributed by atoms with Gasteiger partial charge in [0.05, 0.1) is 34.0 Å². The van der Waals surface area contributed by atoms with Crippen molar-refractivity contribution in [2.24, 2.45) is 5.41 Å². The molecule has 0 aromatic heterocycles. The Kier molecular flexibility index (Phi) is 5.24. The third kappa shape index (κ3) is 3.24. The molecule has 0 N–H and O–H groups in total. The Bertz CT molecular complexity index is 846. The molecule has 0 aliphatic heterocycles. The fourth-order valence-corrected chi connectivity index (χ4v) is 5.16. The van der Waals surface area contributed by atoms with E-state index in [4.69, 9.17) is 18.9 Å². The quantitative estimate of drug-likeness (QED) is 0.694. The minimum Gasteiger partial charge on any atom is -0.497 e. The van der Waals surface area contributed by atoms with Gasteiger partial charge in [0, 0.05) is 5.41 Å². The predicted molar refractivity (Wildman–Crippen MR) is 110 cm³/mol. The number of hydrogen-bond acceptors (Lipinski definition) is 4. The van der Waals surface area contributed by atoms with Crippen molar-refractivity contribution < 1.29 is 18.9 Å². The van der Waals surface area contributed by atoms with E-state index in [1.165, 1.54) is 17.5 Å². The number of methoxy groups -OCH3 is 3. The summed E-state index contributed by atoms with van der Waals surface area (Å²) in [5, 5.41) is 0. The van der Waals surface area contributed by atoms with Crippen molar-refractivity contribution >= 4 is 0 Å². The van der Waals surface area contributed by atoms with Crippen molar-refractivity contribution in [3.8, 4) is 17.2 Å². The highest BCUT2D eigenvalue weighted by Gasteiger charge is 2.50. The molecule has 28 heavy (non-hydrogen) atoms. The topological polar surface area (TPSA) is 36.9 Å². The van der Waals surface area contributed by atoms with Crippen molar-refractivity contribution in [3.05, 3.63) is 53.1 Å². The van der Waals surface area contributed by atoms with Crippen molar-refractivity contribution in [2.75, 3.05) is 21.3 Å². The highest BCUT2D eigenvalue weighted by molar-refractivity contribution is 5.43. The maximum atomic E-state index is 6.47. The summed E-state index contributed by atoms with van der Waals surface area (Å²) in [7, 11) is 5.06. The van der Waals surface area contributed by atoms with Crippen LogP contribution in [0.4, 0.5) is 0 Å². The molecule has 2 aromatic rings. The van der Waals surface area contributed by atoms with Crippen molar-refractivity contribution in [1.29, 1.82) is 0 Å². The van der Waals surface area contributed by atoms with Gasteiger partial charge in [-0.05, 0) is 72.6 Å². The Morgan fingerprint density at radius 1 is 0.929 bits per heavy atom. The van der Waals surface area contributed by atoms with Crippen molar-refractivity contribution in [3.63, 3.8) is 0 Å². The molecular formula is C24H30O4. The molecule has 4 rings (SSSR count). The normalized spacial score (nSPS) is 25.7. The molecule has 2 aliphatic rings. The SMILES string of the molecule is COc1ccc2c(c1)CC[C@]1(C)[C@@H](OCc3ccc(OC)c(OC)c3)CC[C@@H]21.